The average molecular weight is 345 g/mol. The number of anilines is 1. The predicted octanol–water partition coefficient (Wildman–Crippen LogP) is 5.44. The van der Waals surface area contributed by atoms with Crippen LogP contribution in [-0.4, -0.2) is 5.91 Å². The molecular weight excluding hydrogens is 336 g/mol. The summed E-state index contributed by atoms with van der Waals surface area (Å²) in [6, 6.07) is 8.99. The highest BCUT2D eigenvalue weighted by molar-refractivity contribution is 6.37. The van der Waals surface area contributed by atoms with Crippen LogP contribution in [0.1, 0.15) is 5.56 Å². The van der Waals surface area contributed by atoms with E-state index in [1.807, 2.05) is 0 Å². The first-order chi connectivity index (χ1) is 9.97. The molecule has 0 aliphatic carbocycles. The topological polar surface area (TPSA) is 29.1 Å². The lowest BCUT2D eigenvalue weighted by Crippen LogP contribution is -2.09. The van der Waals surface area contributed by atoms with Crippen molar-refractivity contribution in [1.82, 2.24) is 0 Å². The van der Waals surface area contributed by atoms with Crippen molar-refractivity contribution in [2.24, 2.45) is 0 Å². The molecule has 2 aromatic carbocycles. The van der Waals surface area contributed by atoms with Crippen LogP contribution in [-0.2, 0) is 4.79 Å². The van der Waals surface area contributed by atoms with E-state index in [0.717, 1.165) is 6.07 Å². The summed E-state index contributed by atoms with van der Waals surface area (Å²) in [6.07, 6.45) is 2.69. The van der Waals surface area contributed by atoms with Crippen molar-refractivity contribution in [3.8, 4) is 0 Å². The summed E-state index contributed by atoms with van der Waals surface area (Å²) >= 11 is 17.6. The van der Waals surface area contributed by atoms with Crippen LogP contribution in [0.3, 0.4) is 0 Å². The zero-order valence-electron chi connectivity index (χ0n) is 10.5. The van der Waals surface area contributed by atoms with Crippen LogP contribution in [0.5, 0.6) is 0 Å². The van der Waals surface area contributed by atoms with Crippen LogP contribution in [0.25, 0.3) is 6.08 Å². The smallest absolute Gasteiger partial charge is 0.248 e. The van der Waals surface area contributed by atoms with Crippen molar-refractivity contribution >= 4 is 52.5 Å². The minimum absolute atomic E-state index is 0.0410. The maximum Gasteiger partial charge on any atom is 0.248 e. The van der Waals surface area contributed by atoms with Gasteiger partial charge in [-0.2, -0.15) is 0 Å². The van der Waals surface area contributed by atoms with E-state index in [-0.39, 0.29) is 10.7 Å². The van der Waals surface area contributed by atoms with Crippen molar-refractivity contribution in [2.75, 3.05) is 5.32 Å². The van der Waals surface area contributed by atoms with Gasteiger partial charge < -0.3 is 5.32 Å². The number of hydrogen-bond donors (Lipinski definition) is 1. The van der Waals surface area contributed by atoms with Gasteiger partial charge in [0.15, 0.2) is 0 Å². The van der Waals surface area contributed by atoms with Crippen LogP contribution >= 0.6 is 34.8 Å². The zero-order valence-corrected chi connectivity index (χ0v) is 12.8. The molecule has 6 heteroatoms. The van der Waals surface area contributed by atoms with E-state index in [1.54, 1.807) is 18.2 Å². The van der Waals surface area contributed by atoms with E-state index in [0.29, 0.717) is 15.6 Å². The third kappa shape index (κ3) is 4.21. The van der Waals surface area contributed by atoms with Gasteiger partial charge in [0.05, 0.1) is 5.69 Å². The van der Waals surface area contributed by atoms with Crippen molar-refractivity contribution < 1.29 is 9.18 Å². The van der Waals surface area contributed by atoms with E-state index in [4.69, 9.17) is 34.8 Å². The monoisotopic (exact) mass is 343 g/mol. The zero-order chi connectivity index (χ0) is 15.4. The Bertz CT molecular complexity index is 696. The largest absolute Gasteiger partial charge is 0.320 e. The first-order valence-electron chi connectivity index (χ1n) is 5.85. The van der Waals surface area contributed by atoms with E-state index < -0.39 is 11.7 Å². The number of carbonyl (C=O) groups is 1. The average Bonchev–Trinajstić information content (AvgIpc) is 2.41. The predicted molar refractivity (Wildman–Crippen MR) is 85.5 cm³/mol. The highest BCUT2D eigenvalue weighted by Gasteiger charge is 2.06. The van der Waals surface area contributed by atoms with Gasteiger partial charge in [-0.15, -0.1) is 0 Å². The summed E-state index contributed by atoms with van der Waals surface area (Å²) in [5, 5.41) is 3.50. The van der Waals surface area contributed by atoms with Gasteiger partial charge in [0.1, 0.15) is 5.82 Å². The molecule has 0 bridgehead atoms. The standard InChI is InChI=1S/C15H9Cl3FNO/c16-9-4-6-14(13(19)8-9)20-15(21)7-5-10-11(17)2-1-3-12(10)18/h1-8H,(H,20,21)/b7-5+. The second-order valence-electron chi connectivity index (χ2n) is 4.08. The lowest BCUT2D eigenvalue weighted by molar-refractivity contribution is -0.111. The molecule has 0 aliphatic rings. The van der Waals surface area contributed by atoms with Gasteiger partial charge in [0, 0.05) is 26.7 Å². The molecule has 1 amide bonds. The molecule has 108 valence electrons. The van der Waals surface area contributed by atoms with E-state index in [9.17, 15) is 9.18 Å². The van der Waals surface area contributed by atoms with Crippen LogP contribution in [0.2, 0.25) is 15.1 Å². The Hall–Kier alpha value is -1.55. The third-order valence-corrected chi connectivity index (χ3v) is 3.48. The molecule has 21 heavy (non-hydrogen) atoms. The molecule has 2 rings (SSSR count). The Kier molecular flexibility index (Phi) is 5.23. The minimum atomic E-state index is -0.611. The number of hydrogen-bond acceptors (Lipinski definition) is 1. The first kappa shape index (κ1) is 15.8. The SMILES string of the molecule is O=C(/C=C/c1c(Cl)cccc1Cl)Nc1ccc(Cl)cc1F. The van der Waals surface area contributed by atoms with Crippen LogP contribution in [0.15, 0.2) is 42.5 Å². The number of amides is 1. The number of halogens is 4. The lowest BCUT2D eigenvalue weighted by atomic mass is 10.2. The van der Waals surface area contributed by atoms with Gasteiger partial charge >= 0.3 is 0 Å². The van der Waals surface area contributed by atoms with Crippen molar-refractivity contribution in [2.45, 2.75) is 0 Å². The van der Waals surface area contributed by atoms with Gasteiger partial charge in [-0.25, -0.2) is 4.39 Å². The van der Waals surface area contributed by atoms with Gasteiger partial charge in [-0.05, 0) is 36.4 Å². The number of rotatable bonds is 3. The summed E-state index contributed by atoms with van der Waals surface area (Å²) < 4.78 is 13.5. The molecule has 1 N–H and O–H groups in total. The maximum atomic E-state index is 13.5. The fourth-order valence-corrected chi connectivity index (χ4v) is 2.28. The molecule has 2 nitrogen and oxygen atoms in total. The van der Waals surface area contributed by atoms with E-state index in [2.05, 4.69) is 5.32 Å². The molecule has 2 aromatic rings. The van der Waals surface area contributed by atoms with Gasteiger partial charge in [-0.3, -0.25) is 4.79 Å². The van der Waals surface area contributed by atoms with Gasteiger partial charge in [-0.1, -0.05) is 40.9 Å². The number of nitrogens with one attached hydrogen (secondary N) is 1. The highest BCUT2D eigenvalue weighted by Crippen LogP contribution is 2.25. The fraction of sp³-hybridized carbons (Fsp3) is 0. The molecule has 0 radical (unpaired) electrons. The Balaban J connectivity index is 2.13. The van der Waals surface area contributed by atoms with Crippen LogP contribution in [0, 0.1) is 5.82 Å². The Morgan fingerprint density at radius 2 is 1.76 bits per heavy atom. The molecule has 0 fully saturated rings. The highest BCUT2D eigenvalue weighted by atomic mass is 35.5. The Morgan fingerprint density at radius 3 is 2.38 bits per heavy atom. The number of carbonyl (C=O) groups excluding carboxylic acids is 1. The second-order valence-corrected chi connectivity index (χ2v) is 5.33. The molecule has 0 heterocycles. The molecule has 0 spiro atoms. The van der Waals surface area contributed by atoms with Crippen molar-refractivity contribution in [3.63, 3.8) is 0 Å². The lowest BCUT2D eigenvalue weighted by Gasteiger charge is -2.04. The molecule has 0 saturated carbocycles. The molecular formula is C15H9Cl3FNO. The summed E-state index contributed by atoms with van der Waals surface area (Å²) in [5.41, 5.74) is 0.562. The fourth-order valence-electron chi connectivity index (χ4n) is 1.59. The van der Waals surface area contributed by atoms with E-state index >= 15 is 0 Å². The molecule has 0 aromatic heterocycles. The molecule has 0 unspecified atom stereocenters. The van der Waals surface area contributed by atoms with Crippen molar-refractivity contribution in [1.29, 1.82) is 0 Å². The van der Waals surface area contributed by atoms with Crippen LogP contribution < -0.4 is 5.32 Å². The number of benzene rings is 2. The summed E-state index contributed by atoms with van der Waals surface area (Å²) in [7, 11) is 0. The van der Waals surface area contributed by atoms with E-state index in [1.165, 1.54) is 24.3 Å². The quantitative estimate of drug-likeness (QED) is 0.738. The maximum absolute atomic E-state index is 13.5. The summed E-state index contributed by atoms with van der Waals surface area (Å²) in [4.78, 5) is 11.8. The summed E-state index contributed by atoms with van der Waals surface area (Å²) in [5.74, 6) is -1.12. The minimum Gasteiger partial charge on any atom is -0.320 e. The molecule has 0 saturated heterocycles. The summed E-state index contributed by atoms with van der Waals surface area (Å²) in [6.45, 7) is 0. The Labute approximate surface area is 136 Å². The van der Waals surface area contributed by atoms with Crippen molar-refractivity contribution in [3.05, 3.63) is 68.9 Å². The first-order valence-corrected chi connectivity index (χ1v) is 6.99. The normalized spacial score (nSPS) is 10.9. The van der Waals surface area contributed by atoms with Gasteiger partial charge in [0.25, 0.3) is 0 Å². The molecule has 0 aliphatic heterocycles. The molecule has 0 atom stereocenters. The third-order valence-electron chi connectivity index (χ3n) is 2.59. The van der Waals surface area contributed by atoms with Crippen LogP contribution in [0.4, 0.5) is 10.1 Å². The van der Waals surface area contributed by atoms with Gasteiger partial charge in [0.2, 0.25) is 5.91 Å². The Morgan fingerprint density at radius 1 is 1.10 bits per heavy atom. The second kappa shape index (κ2) is 6.94.